The minimum absolute atomic E-state index is 0.144. The highest BCUT2D eigenvalue weighted by Crippen LogP contribution is 2.20. The van der Waals surface area contributed by atoms with Crippen LogP contribution in [0, 0.1) is 0 Å². The van der Waals surface area contributed by atoms with Crippen molar-refractivity contribution in [1.29, 1.82) is 0 Å². The van der Waals surface area contributed by atoms with Crippen molar-refractivity contribution in [2.75, 3.05) is 39.8 Å². The number of carbonyl (C=O) groups excluding carboxylic acids is 1. The molecule has 0 spiro atoms. The second-order valence-corrected chi connectivity index (χ2v) is 4.89. The van der Waals surface area contributed by atoms with Gasteiger partial charge in [0, 0.05) is 20.1 Å². The molecule has 0 saturated carbocycles. The Kier molecular flexibility index (Phi) is 4.93. The Morgan fingerprint density at radius 1 is 1.37 bits per heavy atom. The average Bonchev–Trinajstić information content (AvgIpc) is 2.57. The molecule has 0 aromatic rings. The Morgan fingerprint density at radius 3 is 3.00 bits per heavy atom. The molecule has 106 valence electrons. The van der Waals surface area contributed by atoms with Gasteiger partial charge in [-0.05, 0) is 18.5 Å². The lowest BCUT2D eigenvalue weighted by Crippen LogP contribution is -2.36. The number of hydrogen-bond acceptors (Lipinski definition) is 4. The molecule has 2 aliphatic rings. The Labute approximate surface area is 114 Å². The molecule has 2 heterocycles. The standard InChI is InChI=1S/C13H23N5O/c1-3-4-14-5-6-16-11-9-15-8-10-7-12(19)18(2)13(10)17-11/h14-15H,3-9H2,1-2H3,(H,16,17). The quantitative estimate of drug-likeness (QED) is 0.594. The summed E-state index contributed by atoms with van der Waals surface area (Å²) in [5.74, 6) is 1.96. The van der Waals surface area contributed by atoms with Gasteiger partial charge in [0.1, 0.15) is 11.7 Å². The molecule has 0 bridgehead atoms. The van der Waals surface area contributed by atoms with Crippen molar-refractivity contribution in [2.45, 2.75) is 19.8 Å². The minimum atomic E-state index is 0.144. The second kappa shape index (κ2) is 6.68. The monoisotopic (exact) mass is 265 g/mol. The molecule has 6 heteroatoms. The molecular formula is C13H23N5O. The van der Waals surface area contributed by atoms with Crippen molar-refractivity contribution in [3.63, 3.8) is 0 Å². The van der Waals surface area contributed by atoms with Crippen LogP contribution in [0.1, 0.15) is 19.8 Å². The molecule has 3 N–H and O–H groups in total. The molecule has 0 unspecified atom stereocenters. The zero-order valence-corrected chi connectivity index (χ0v) is 11.8. The van der Waals surface area contributed by atoms with E-state index >= 15 is 0 Å². The van der Waals surface area contributed by atoms with Gasteiger partial charge in [-0.2, -0.15) is 0 Å². The smallest absolute Gasteiger partial charge is 0.232 e. The third kappa shape index (κ3) is 3.54. The van der Waals surface area contributed by atoms with E-state index in [1.165, 1.54) is 0 Å². The fraction of sp³-hybridized carbons (Fsp3) is 0.692. The Bertz CT molecular complexity index is 402. The van der Waals surface area contributed by atoms with Crippen LogP contribution in [0.15, 0.2) is 16.4 Å². The highest BCUT2D eigenvalue weighted by Gasteiger charge is 2.29. The molecule has 2 aliphatic heterocycles. The Morgan fingerprint density at radius 2 is 2.21 bits per heavy atom. The third-order valence-electron chi connectivity index (χ3n) is 3.32. The van der Waals surface area contributed by atoms with Crippen molar-refractivity contribution in [3.8, 4) is 0 Å². The van der Waals surface area contributed by atoms with Gasteiger partial charge in [0.2, 0.25) is 5.91 Å². The first-order chi connectivity index (χ1) is 9.22. The molecule has 0 saturated heterocycles. The summed E-state index contributed by atoms with van der Waals surface area (Å²) in [6.45, 7) is 6.30. The Hall–Kier alpha value is -1.40. The summed E-state index contributed by atoms with van der Waals surface area (Å²) < 4.78 is 0. The fourth-order valence-corrected chi connectivity index (χ4v) is 2.24. The van der Waals surface area contributed by atoms with E-state index in [1.54, 1.807) is 4.90 Å². The number of rotatable bonds is 5. The van der Waals surface area contributed by atoms with Crippen LogP contribution in [0.4, 0.5) is 0 Å². The van der Waals surface area contributed by atoms with Crippen molar-refractivity contribution >= 4 is 11.7 Å². The molecule has 0 aromatic carbocycles. The SMILES string of the molecule is CCCNCCN=C1CNCC2=C(N1)N(C)C(=O)C2. The van der Waals surface area contributed by atoms with Gasteiger partial charge in [-0.25, -0.2) is 0 Å². The molecule has 6 nitrogen and oxygen atoms in total. The average molecular weight is 265 g/mol. The van der Waals surface area contributed by atoms with Crippen LogP contribution in [-0.2, 0) is 4.79 Å². The lowest BCUT2D eigenvalue weighted by atomic mass is 10.2. The molecule has 2 rings (SSSR count). The summed E-state index contributed by atoms with van der Waals surface area (Å²) in [5, 5.41) is 9.93. The fourth-order valence-electron chi connectivity index (χ4n) is 2.24. The molecular weight excluding hydrogens is 242 g/mol. The van der Waals surface area contributed by atoms with Crippen LogP contribution >= 0.6 is 0 Å². The molecule has 0 radical (unpaired) electrons. The summed E-state index contributed by atoms with van der Waals surface area (Å²) in [5.41, 5.74) is 1.13. The number of nitrogens with one attached hydrogen (secondary N) is 3. The Balaban J connectivity index is 1.90. The molecule has 19 heavy (non-hydrogen) atoms. The van der Waals surface area contributed by atoms with Crippen LogP contribution in [-0.4, -0.2) is 56.4 Å². The predicted octanol–water partition coefficient (Wildman–Crippen LogP) is -0.349. The number of aliphatic imine (C=N–C) groups is 1. The maximum absolute atomic E-state index is 11.7. The molecule has 0 aromatic heterocycles. The highest BCUT2D eigenvalue weighted by atomic mass is 16.2. The van der Waals surface area contributed by atoms with E-state index in [-0.39, 0.29) is 5.91 Å². The number of amidine groups is 1. The van der Waals surface area contributed by atoms with Crippen molar-refractivity contribution in [3.05, 3.63) is 11.4 Å². The third-order valence-corrected chi connectivity index (χ3v) is 3.32. The summed E-state index contributed by atoms with van der Waals surface area (Å²) in [4.78, 5) is 17.9. The minimum Gasteiger partial charge on any atom is -0.329 e. The molecule has 0 atom stereocenters. The zero-order chi connectivity index (χ0) is 13.7. The van der Waals surface area contributed by atoms with E-state index in [4.69, 9.17) is 0 Å². The van der Waals surface area contributed by atoms with Gasteiger partial charge >= 0.3 is 0 Å². The first-order valence-corrected chi connectivity index (χ1v) is 6.92. The van der Waals surface area contributed by atoms with Crippen molar-refractivity contribution < 1.29 is 4.79 Å². The van der Waals surface area contributed by atoms with Gasteiger partial charge in [-0.3, -0.25) is 9.79 Å². The molecule has 0 aliphatic carbocycles. The van der Waals surface area contributed by atoms with Gasteiger partial charge in [-0.1, -0.05) is 6.92 Å². The highest BCUT2D eigenvalue weighted by molar-refractivity contribution is 5.90. The van der Waals surface area contributed by atoms with Gasteiger partial charge in [0.05, 0.1) is 19.5 Å². The lowest BCUT2D eigenvalue weighted by molar-refractivity contribution is -0.126. The normalized spacial score (nSPS) is 21.7. The van der Waals surface area contributed by atoms with Crippen molar-refractivity contribution in [1.82, 2.24) is 20.9 Å². The second-order valence-electron chi connectivity index (χ2n) is 4.89. The first kappa shape index (κ1) is 14.0. The summed E-state index contributed by atoms with van der Waals surface area (Å²) in [6, 6.07) is 0. The van der Waals surface area contributed by atoms with Crippen molar-refractivity contribution in [2.24, 2.45) is 4.99 Å². The summed E-state index contributed by atoms with van der Waals surface area (Å²) >= 11 is 0. The van der Waals surface area contributed by atoms with Gasteiger partial charge < -0.3 is 20.9 Å². The maximum Gasteiger partial charge on any atom is 0.232 e. The van der Waals surface area contributed by atoms with Crippen LogP contribution in [0.25, 0.3) is 0 Å². The van der Waals surface area contributed by atoms with Crippen LogP contribution in [0.3, 0.4) is 0 Å². The van der Waals surface area contributed by atoms with Crippen LogP contribution in [0.5, 0.6) is 0 Å². The van der Waals surface area contributed by atoms with Crippen LogP contribution in [0.2, 0.25) is 0 Å². The number of carbonyl (C=O) groups is 1. The van der Waals surface area contributed by atoms with Gasteiger partial charge in [0.15, 0.2) is 0 Å². The van der Waals surface area contributed by atoms with E-state index in [0.717, 1.165) is 56.4 Å². The number of amides is 1. The van der Waals surface area contributed by atoms with Crippen LogP contribution < -0.4 is 16.0 Å². The molecule has 0 fully saturated rings. The lowest BCUT2D eigenvalue weighted by Gasteiger charge is -2.16. The van der Waals surface area contributed by atoms with E-state index in [1.807, 2.05) is 7.05 Å². The topological polar surface area (TPSA) is 68.8 Å². The maximum atomic E-state index is 11.7. The van der Waals surface area contributed by atoms with Gasteiger partial charge in [-0.15, -0.1) is 0 Å². The summed E-state index contributed by atoms with van der Waals surface area (Å²) in [7, 11) is 1.81. The largest absolute Gasteiger partial charge is 0.329 e. The molecule has 1 amide bonds. The zero-order valence-electron chi connectivity index (χ0n) is 11.8. The van der Waals surface area contributed by atoms with E-state index in [9.17, 15) is 4.79 Å². The predicted molar refractivity (Wildman–Crippen MR) is 75.9 cm³/mol. The number of nitrogens with zero attached hydrogens (tertiary/aromatic N) is 2. The number of hydrogen-bond donors (Lipinski definition) is 3. The summed E-state index contributed by atoms with van der Waals surface area (Å²) in [6.07, 6.45) is 1.65. The van der Waals surface area contributed by atoms with E-state index in [0.29, 0.717) is 6.42 Å². The van der Waals surface area contributed by atoms with E-state index in [2.05, 4.69) is 27.9 Å². The van der Waals surface area contributed by atoms with Gasteiger partial charge in [0.25, 0.3) is 0 Å². The van der Waals surface area contributed by atoms with E-state index < -0.39 is 0 Å². The first-order valence-electron chi connectivity index (χ1n) is 6.92.